The first-order valence-electron chi connectivity index (χ1n) is 5.11. The van der Waals surface area contributed by atoms with E-state index in [9.17, 15) is 13.2 Å². The van der Waals surface area contributed by atoms with Gasteiger partial charge in [-0.3, -0.25) is 0 Å². The van der Waals surface area contributed by atoms with Gasteiger partial charge in [0.15, 0.2) is 0 Å². The van der Waals surface area contributed by atoms with Crippen LogP contribution in [0.1, 0.15) is 22.3 Å². The predicted molar refractivity (Wildman–Crippen MR) is 64.3 cm³/mol. The summed E-state index contributed by atoms with van der Waals surface area (Å²) >= 11 is 0. The van der Waals surface area contributed by atoms with Crippen molar-refractivity contribution in [3.63, 3.8) is 0 Å². The predicted octanol–water partition coefficient (Wildman–Crippen LogP) is 0.718. The van der Waals surface area contributed by atoms with E-state index in [1.165, 1.54) is 24.3 Å². The van der Waals surface area contributed by atoms with E-state index in [1.807, 2.05) is 6.07 Å². The molecule has 0 heterocycles. The zero-order chi connectivity index (χ0) is 13.6. The fourth-order valence-corrected chi connectivity index (χ4v) is 2.42. The van der Waals surface area contributed by atoms with Crippen molar-refractivity contribution < 1.29 is 18.3 Å². The number of nitriles is 1. The zero-order valence-electron chi connectivity index (χ0n) is 9.46. The average Bonchev–Trinajstić information content (AvgIpc) is 2.29. The van der Waals surface area contributed by atoms with Gasteiger partial charge >= 0.3 is 5.97 Å². The van der Waals surface area contributed by atoms with E-state index in [0.717, 1.165) is 0 Å². The molecular formula is C11H12N2O4S. The first-order valence-corrected chi connectivity index (χ1v) is 6.76. The molecule has 0 unspecified atom stereocenters. The summed E-state index contributed by atoms with van der Waals surface area (Å²) in [6, 6.07) is 7.43. The summed E-state index contributed by atoms with van der Waals surface area (Å²) in [6.45, 7) is 0.0754. The van der Waals surface area contributed by atoms with Crippen molar-refractivity contribution in [2.45, 2.75) is 12.2 Å². The Labute approximate surface area is 105 Å². The van der Waals surface area contributed by atoms with Crippen molar-refractivity contribution in [1.82, 2.24) is 4.72 Å². The van der Waals surface area contributed by atoms with E-state index in [2.05, 4.69) is 4.72 Å². The third-order valence-corrected chi connectivity index (χ3v) is 3.47. The van der Waals surface area contributed by atoms with Crippen LogP contribution in [0.3, 0.4) is 0 Å². The lowest BCUT2D eigenvalue weighted by Crippen LogP contribution is -2.25. The lowest BCUT2D eigenvalue weighted by molar-refractivity contribution is 0.0697. The highest BCUT2D eigenvalue weighted by molar-refractivity contribution is 7.88. The standard InChI is InChI=1S/C11H12N2O4S/c12-6-1-7-13-18(16,17)8-9-2-4-10(5-3-9)11(14)15/h2-5,13H,1,7-8H2,(H,14,15). The minimum absolute atomic E-state index is 0.0754. The molecule has 1 aromatic rings. The molecule has 0 saturated carbocycles. The number of carbonyl (C=O) groups is 1. The third kappa shape index (κ3) is 4.53. The van der Waals surface area contributed by atoms with Crippen LogP contribution >= 0.6 is 0 Å². The van der Waals surface area contributed by atoms with Gasteiger partial charge in [0.05, 0.1) is 17.4 Å². The third-order valence-electron chi connectivity index (χ3n) is 2.12. The van der Waals surface area contributed by atoms with Gasteiger partial charge in [-0.1, -0.05) is 12.1 Å². The molecule has 0 aromatic heterocycles. The number of benzene rings is 1. The van der Waals surface area contributed by atoms with Crippen LogP contribution in [0, 0.1) is 11.3 Å². The molecule has 7 heteroatoms. The maximum atomic E-state index is 11.6. The van der Waals surface area contributed by atoms with E-state index in [1.54, 1.807) is 0 Å². The first kappa shape index (κ1) is 14.2. The maximum absolute atomic E-state index is 11.6. The molecule has 0 aliphatic rings. The highest BCUT2D eigenvalue weighted by Crippen LogP contribution is 2.07. The Morgan fingerprint density at radius 1 is 1.33 bits per heavy atom. The number of rotatable bonds is 6. The van der Waals surface area contributed by atoms with Crippen LogP contribution in [0.2, 0.25) is 0 Å². The van der Waals surface area contributed by atoms with Crippen molar-refractivity contribution in [3.8, 4) is 6.07 Å². The monoisotopic (exact) mass is 268 g/mol. The van der Waals surface area contributed by atoms with Crippen molar-refractivity contribution in [2.24, 2.45) is 0 Å². The first-order chi connectivity index (χ1) is 8.44. The molecule has 0 radical (unpaired) electrons. The molecule has 96 valence electrons. The fourth-order valence-electron chi connectivity index (χ4n) is 1.28. The Hall–Kier alpha value is -1.91. The van der Waals surface area contributed by atoms with Gasteiger partial charge in [-0.25, -0.2) is 17.9 Å². The summed E-state index contributed by atoms with van der Waals surface area (Å²) in [7, 11) is -3.49. The van der Waals surface area contributed by atoms with Gasteiger partial charge in [-0.2, -0.15) is 5.26 Å². The molecule has 1 aromatic carbocycles. The van der Waals surface area contributed by atoms with E-state index in [-0.39, 0.29) is 24.3 Å². The number of nitrogens with one attached hydrogen (secondary N) is 1. The summed E-state index contributed by atoms with van der Waals surface area (Å²) < 4.78 is 25.4. The van der Waals surface area contributed by atoms with E-state index in [0.29, 0.717) is 5.56 Å². The SMILES string of the molecule is N#CCCNS(=O)(=O)Cc1ccc(C(=O)O)cc1. The van der Waals surface area contributed by atoms with Gasteiger partial charge in [0.1, 0.15) is 0 Å². The Kier molecular flexibility index (Phi) is 4.83. The fraction of sp³-hybridized carbons (Fsp3) is 0.273. The van der Waals surface area contributed by atoms with Gasteiger partial charge in [-0.05, 0) is 17.7 Å². The van der Waals surface area contributed by atoms with Crippen LogP contribution in [-0.4, -0.2) is 26.0 Å². The number of nitrogens with zero attached hydrogens (tertiary/aromatic N) is 1. The molecule has 0 bridgehead atoms. The Morgan fingerprint density at radius 2 is 1.94 bits per heavy atom. The van der Waals surface area contributed by atoms with Gasteiger partial charge < -0.3 is 5.11 Å². The van der Waals surface area contributed by atoms with E-state index >= 15 is 0 Å². The van der Waals surface area contributed by atoms with Gasteiger partial charge in [0.25, 0.3) is 0 Å². The largest absolute Gasteiger partial charge is 0.478 e. The van der Waals surface area contributed by atoms with Gasteiger partial charge in [0, 0.05) is 13.0 Å². The molecule has 1 rings (SSSR count). The summed E-state index contributed by atoms with van der Waals surface area (Å²) in [5, 5.41) is 17.0. The second-order valence-corrected chi connectivity index (χ2v) is 5.37. The number of carboxylic acids is 1. The van der Waals surface area contributed by atoms with Crippen LogP contribution < -0.4 is 4.72 Å². The number of sulfonamides is 1. The zero-order valence-corrected chi connectivity index (χ0v) is 10.3. The molecule has 0 atom stereocenters. The number of aromatic carboxylic acids is 1. The number of hydrogen-bond donors (Lipinski definition) is 2. The molecule has 6 nitrogen and oxygen atoms in total. The molecule has 0 amide bonds. The normalized spacial score (nSPS) is 10.8. The Morgan fingerprint density at radius 3 is 2.44 bits per heavy atom. The Bertz CT molecular complexity index is 558. The average molecular weight is 268 g/mol. The highest BCUT2D eigenvalue weighted by Gasteiger charge is 2.11. The summed E-state index contributed by atoms with van der Waals surface area (Å²) in [4.78, 5) is 10.6. The molecular weight excluding hydrogens is 256 g/mol. The van der Waals surface area contributed by atoms with Crippen molar-refractivity contribution in [1.29, 1.82) is 5.26 Å². The minimum atomic E-state index is -3.49. The summed E-state index contributed by atoms with van der Waals surface area (Å²) in [6.07, 6.45) is 0.108. The van der Waals surface area contributed by atoms with Crippen molar-refractivity contribution >= 4 is 16.0 Å². The second-order valence-electron chi connectivity index (χ2n) is 3.56. The molecule has 0 spiro atoms. The lowest BCUT2D eigenvalue weighted by Gasteiger charge is -2.05. The molecule has 2 N–H and O–H groups in total. The Balaban J connectivity index is 2.67. The summed E-state index contributed by atoms with van der Waals surface area (Å²) in [5.74, 6) is -1.30. The van der Waals surface area contributed by atoms with Crippen LogP contribution in [0.15, 0.2) is 24.3 Å². The molecule has 18 heavy (non-hydrogen) atoms. The number of carboxylic acid groups (broad SMARTS) is 1. The van der Waals surface area contributed by atoms with Crippen LogP contribution in [0.4, 0.5) is 0 Å². The lowest BCUT2D eigenvalue weighted by atomic mass is 10.1. The van der Waals surface area contributed by atoms with Crippen LogP contribution in [-0.2, 0) is 15.8 Å². The van der Waals surface area contributed by atoms with E-state index < -0.39 is 16.0 Å². The van der Waals surface area contributed by atoms with Crippen LogP contribution in [0.25, 0.3) is 0 Å². The summed E-state index contributed by atoms with van der Waals surface area (Å²) in [5.41, 5.74) is 0.595. The quantitative estimate of drug-likeness (QED) is 0.739. The van der Waals surface area contributed by atoms with Gasteiger partial charge in [-0.15, -0.1) is 0 Å². The smallest absolute Gasteiger partial charge is 0.335 e. The molecule has 0 fully saturated rings. The molecule has 0 saturated heterocycles. The number of hydrogen-bond acceptors (Lipinski definition) is 4. The second kappa shape index (κ2) is 6.14. The van der Waals surface area contributed by atoms with Crippen molar-refractivity contribution in [2.75, 3.05) is 6.54 Å². The molecule has 0 aliphatic carbocycles. The topological polar surface area (TPSA) is 107 Å². The highest BCUT2D eigenvalue weighted by atomic mass is 32.2. The van der Waals surface area contributed by atoms with Crippen molar-refractivity contribution in [3.05, 3.63) is 35.4 Å². The van der Waals surface area contributed by atoms with Gasteiger partial charge in [0.2, 0.25) is 10.0 Å². The van der Waals surface area contributed by atoms with Crippen LogP contribution in [0.5, 0.6) is 0 Å². The minimum Gasteiger partial charge on any atom is -0.478 e. The molecule has 0 aliphatic heterocycles. The van der Waals surface area contributed by atoms with E-state index in [4.69, 9.17) is 10.4 Å². The maximum Gasteiger partial charge on any atom is 0.335 e.